The summed E-state index contributed by atoms with van der Waals surface area (Å²) in [7, 11) is 2.70. The number of H-pyrrole nitrogens is 1. The number of allylic oxidation sites excluding steroid dienone is 3. The lowest BCUT2D eigenvalue weighted by Crippen LogP contribution is -2.42. The molecule has 2 heterocycles. The minimum Gasteiger partial charge on any atom is -0.400 e. The maximum Gasteiger partial charge on any atom is 0.255 e. The largest absolute Gasteiger partial charge is 0.400 e. The fraction of sp³-hybridized carbons (Fsp3) is 0.375. The number of amidine groups is 1. The Hall–Kier alpha value is -5.38. The average Bonchev–Trinajstić information content (AvgIpc) is 3.58. The highest BCUT2D eigenvalue weighted by molar-refractivity contribution is 6.07. The van der Waals surface area contributed by atoms with E-state index in [9.17, 15) is 9.18 Å². The third-order valence-electron chi connectivity index (χ3n) is 9.93. The van der Waals surface area contributed by atoms with Crippen molar-refractivity contribution in [3.05, 3.63) is 107 Å². The molecular weight excluding hydrogens is 659 g/mol. The molecule has 1 fully saturated rings. The number of benzene rings is 2. The number of methoxy groups -OCH3 is 1. The van der Waals surface area contributed by atoms with Crippen molar-refractivity contribution >= 4 is 35.1 Å². The lowest BCUT2D eigenvalue weighted by Gasteiger charge is -2.30. The highest BCUT2D eigenvalue weighted by Gasteiger charge is 2.58. The molecule has 6 rings (SSSR count). The molecule has 1 aliphatic heterocycles. The third kappa shape index (κ3) is 8.73. The Morgan fingerprint density at radius 2 is 2.12 bits per heavy atom. The second-order valence-corrected chi connectivity index (χ2v) is 13.1. The van der Waals surface area contributed by atoms with E-state index in [4.69, 9.17) is 20.1 Å². The summed E-state index contributed by atoms with van der Waals surface area (Å²) < 4.78 is 19.6. The normalized spacial score (nSPS) is 21.7. The molecule has 2 aliphatic carbocycles. The van der Waals surface area contributed by atoms with Gasteiger partial charge in [-0.3, -0.25) is 14.9 Å². The molecule has 11 nitrogen and oxygen atoms in total. The molecule has 0 radical (unpaired) electrons. The molecule has 4 atom stereocenters. The number of amides is 1. The Labute approximate surface area is 304 Å². The van der Waals surface area contributed by atoms with Gasteiger partial charge in [-0.15, -0.1) is 0 Å². The van der Waals surface area contributed by atoms with Gasteiger partial charge in [0.2, 0.25) is 0 Å². The van der Waals surface area contributed by atoms with Gasteiger partial charge in [0.25, 0.3) is 5.91 Å². The summed E-state index contributed by atoms with van der Waals surface area (Å²) in [6.45, 7) is 8.40. The van der Waals surface area contributed by atoms with Crippen LogP contribution in [0.4, 0.5) is 10.1 Å². The number of anilines is 1. The van der Waals surface area contributed by atoms with Crippen molar-refractivity contribution in [2.45, 2.75) is 44.7 Å². The van der Waals surface area contributed by atoms with Crippen LogP contribution in [0.25, 0.3) is 10.9 Å². The second-order valence-electron chi connectivity index (χ2n) is 13.1. The minimum atomic E-state index is -0.367. The van der Waals surface area contributed by atoms with E-state index in [2.05, 4.69) is 37.4 Å². The second kappa shape index (κ2) is 17.7. The zero-order chi connectivity index (χ0) is 37.1. The molecule has 1 amide bonds. The summed E-state index contributed by atoms with van der Waals surface area (Å²) >= 11 is 0. The van der Waals surface area contributed by atoms with Crippen LogP contribution >= 0.6 is 0 Å². The highest BCUT2D eigenvalue weighted by atomic mass is 19.1. The monoisotopic (exact) mass is 706 g/mol. The number of ether oxygens (including phenoxy) is 1. The number of carbonyl (C=O) groups is 1. The van der Waals surface area contributed by atoms with E-state index >= 15 is 0 Å². The first-order chi connectivity index (χ1) is 25.4. The van der Waals surface area contributed by atoms with Gasteiger partial charge in [0.05, 0.1) is 35.8 Å². The molecule has 3 aliphatic rings. The van der Waals surface area contributed by atoms with Gasteiger partial charge < -0.3 is 30.4 Å². The minimum absolute atomic E-state index is 0.0557. The van der Waals surface area contributed by atoms with E-state index in [-0.39, 0.29) is 35.1 Å². The van der Waals surface area contributed by atoms with Crippen molar-refractivity contribution in [3.63, 3.8) is 0 Å². The van der Waals surface area contributed by atoms with Gasteiger partial charge in [-0.1, -0.05) is 30.4 Å². The summed E-state index contributed by atoms with van der Waals surface area (Å²) in [4.78, 5) is 25.2. The van der Waals surface area contributed by atoms with Crippen LogP contribution in [-0.4, -0.2) is 91.2 Å². The Bertz CT molecular complexity index is 1940. The molecule has 3 aromatic rings. The van der Waals surface area contributed by atoms with Crippen LogP contribution in [0.5, 0.6) is 0 Å². The number of hydrogen-bond donors (Lipinski definition) is 4. The Balaban J connectivity index is 0.00000257. The predicted molar refractivity (Wildman–Crippen MR) is 204 cm³/mol. The topological polar surface area (TPSA) is 151 Å². The summed E-state index contributed by atoms with van der Waals surface area (Å²) in [5.41, 5.74) is 4.07. The quantitative estimate of drug-likeness (QED) is 0.0884. The third-order valence-corrected chi connectivity index (χ3v) is 9.93. The first kappa shape index (κ1) is 37.9. The SMILES string of the molecule is C=NCCC1(CCN/C=C/C=C\Cc2ccc(C#N)cc2F)CC1C1=NC2C=CC(C(=O)Nc3ccc4n[nH]c(C)c4c3)=CC2N1CCOC.CO. The van der Waals surface area contributed by atoms with Crippen molar-refractivity contribution < 1.29 is 19.0 Å². The molecule has 1 aromatic heterocycles. The summed E-state index contributed by atoms with van der Waals surface area (Å²) in [5.74, 6) is 0.837. The van der Waals surface area contributed by atoms with Gasteiger partial charge >= 0.3 is 0 Å². The maximum atomic E-state index is 14.1. The van der Waals surface area contributed by atoms with E-state index in [1.165, 1.54) is 6.07 Å². The van der Waals surface area contributed by atoms with E-state index in [0.29, 0.717) is 42.8 Å². The smallest absolute Gasteiger partial charge is 0.255 e. The number of aromatic amines is 1. The van der Waals surface area contributed by atoms with Crippen molar-refractivity contribution in [1.29, 1.82) is 5.26 Å². The number of aliphatic hydroxyl groups excluding tert-OH is 1. The van der Waals surface area contributed by atoms with Gasteiger partial charge in [0, 0.05) is 62.1 Å². The van der Waals surface area contributed by atoms with Gasteiger partial charge in [-0.05, 0) is 99.0 Å². The Morgan fingerprint density at radius 3 is 2.88 bits per heavy atom. The Morgan fingerprint density at radius 1 is 1.27 bits per heavy atom. The van der Waals surface area contributed by atoms with Crippen molar-refractivity contribution in [2.24, 2.45) is 21.3 Å². The number of hydrogen-bond acceptors (Lipinski definition) is 9. The van der Waals surface area contributed by atoms with Crippen molar-refractivity contribution in [3.8, 4) is 6.07 Å². The number of aliphatic hydroxyl groups is 1. The van der Waals surface area contributed by atoms with Gasteiger partial charge in [0.1, 0.15) is 11.7 Å². The zero-order valence-corrected chi connectivity index (χ0v) is 30.0. The number of aryl methyl sites for hydroxylation is 1. The van der Waals surface area contributed by atoms with Crippen LogP contribution in [0.2, 0.25) is 0 Å². The first-order valence-corrected chi connectivity index (χ1v) is 17.5. The first-order valence-electron chi connectivity index (χ1n) is 17.5. The standard InChI is InChI=1S/C39H43FN8O2.CH4O/c1-26-31-23-30(11-13-34(31)47-46-26)44-38(49)29-10-12-35-36(22-29)48(19-20-50-3)37(45-35)32-24-39(32,14-17-42-2)15-18-43-16-6-4-5-7-28-9-8-27(25-41)21-33(28)40;1-2/h4-6,8-13,16,21-23,32,35-36,43H,2,7,14-15,17-20,24H2,1,3H3,(H,44,49)(H,46,47);2H,1H3/b5-4-,16-6+;. The molecule has 0 saturated heterocycles. The van der Waals surface area contributed by atoms with E-state index in [1.807, 2.05) is 73.8 Å². The van der Waals surface area contributed by atoms with Crippen LogP contribution in [0, 0.1) is 35.4 Å². The fourth-order valence-electron chi connectivity index (χ4n) is 7.02. The number of aromatic nitrogens is 2. The molecule has 0 bridgehead atoms. The zero-order valence-electron chi connectivity index (χ0n) is 30.0. The van der Waals surface area contributed by atoms with Crippen molar-refractivity contribution in [1.82, 2.24) is 20.4 Å². The number of aliphatic imine (C=N–C) groups is 2. The van der Waals surface area contributed by atoms with Crippen LogP contribution < -0.4 is 10.6 Å². The van der Waals surface area contributed by atoms with Crippen LogP contribution in [-0.2, 0) is 16.0 Å². The number of nitriles is 1. The van der Waals surface area contributed by atoms with Gasteiger partial charge in [-0.2, -0.15) is 10.4 Å². The molecular formula is C40H47FN8O3. The molecule has 2 aromatic carbocycles. The lowest BCUT2D eigenvalue weighted by atomic mass is 9.93. The van der Waals surface area contributed by atoms with E-state index in [1.54, 1.807) is 19.2 Å². The van der Waals surface area contributed by atoms with Gasteiger partial charge in [-0.25, -0.2) is 4.39 Å². The number of nitrogens with one attached hydrogen (secondary N) is 3. The molecule has 272 valence electrons. The molecule has 0 spiro atoms. The molecule has 4 N–H and O–H groups in total. The van der Waals surface area contributed by atoms with E-state index < -0.39 is 0 Å². The average molecular weight is 707 g/mol. The van der Waals surface area contributed by atoms with Crippen LogP contribution in [0.1, 0.15) is 36.1 Å². The van der Waals surface area contributed by atoms with E-state index in [0.717, 1.165) is 61.0 Å². The molecule has 52 heavy (non-hydrogen) atoms. The van der Waals surface area contributed by atoms with Crippen LogP contribution in [0.15, 0.2) is 94.6 Å². The number of nitrogens with zero attached hydrogens (tertiary/aromatic N) is 5. The summed E-state index contributed by atoms with van der Waals surface area (Å²) in [6, 6.07) is 12.1. The number of carbonyl (C=O) groups excluding carboxylic acids is 1. The molecule has 12 heteroatoms. The maximum absolute atomic E-state index is 14.1. The van der Waals surface area contributed by atoms with Gasteiger partial charge in [0.15, 0.2) is 0 Å². The lowest BCUT2D eigenvalue weighted by molar-refractivity contribution is -0.112. The summed E-state index contributed by atoms with van der Waals surface area (Å²) in [6.07, 6.45) is 16.9. The number of halogens is 1. The molecule has 1 saturated carbocycles. The summed E-state index contributed by atoms with van der Waals surface area (Å²) in [5, 5.41) is 30.6. The van der Waals surface area contributed by atoms with Crippen LogP contribution in [0.3, 0.4) is 0 Å². The Kier molecular flexibility index (Phi) is 12.9. The predicted octanol–water partition coefficient (Wildman–Crippen LogP) is 5.41. The van der Waals surface area contributed by atoms with Crippen molar-refractivity contribution in [2.75, 3.05) is 45.8 Å². The number of rotatable bonds is 16. The highest BCUT2D eigenvalue weighted by Crippen LogP contribution is 2.59. The number of fused-ring (bicyclic) bond motifs is 2. The fourth-order valence-corrected chi connectivity index (χ4v) is 7.02. The molecule has 4 unspecified atom stereocenters.